The Morgan fingerprint density at radius 1 is 0.925 bits per heavy atom. The molecule has 6 heteroatoms. The van der Waals surface area contributed by atoms with Crippen molar-refractivity contribution in [2.45, 2.75) is 70.6 Å². The number of likely N-dealkylation sites (tertiary alicyclic amines) is 1. The van der Waals surface area contributed by atoms with Gasteiger partial charge in [-0.3, -0.25) is 4.79 Å². The molecule has 1 aliphatic heterocycles. The van der Waals surface area contributed by atoms with E-state index in [1.807, 2.05) is 30.3 Å². The van der Waals surface area contributed by atoms with Crippen LogP contribution in [0.15, 0.2) is 54.6 Å². The minimum atomic E-state index is -0.929. The molecule has 0 radical (unpaired) electrons. The van der Waals surface area contributed by atoms with Gasteiger partial charge in [-0.2, -0.15) is 0 Å². The average Bonchev–Trinajstić information content (AvgIpc) is 3.29. The molecule has 2 aliphatic rings. The molecule has 1 heterocycles. The van der Waals surface area contributed by atoms with Gasteiger partial charge in [0.25, 0.3) is 0 Å². The van der Waals surface area contributed by atoms with E-state index in [4.69, 9.17) is 9.84 Å². The molecule has 3 unspecified atom stereocenters. The van der Waals surface area contributed by atoms with Crippen LogP contribution in [-0.4, -0.2) is 53.3 Å². The zero-order chi connectivity index (χ0) is 28.2. The van der Waals surface area contributed by atoms with Gasteiger partial charge in [-0.1, -0.05) is 48.9 Å². The Bertz CT molecular complexity index is 1100. The van der Waals surface area contributed by atoms with Crippen LogP contribution in [0.25, 0.3) is 6.08 Å². The van der Waals surface area contributed by atoms with Crippen LogP contribution in [0.5, 0.6) is 5.75 Å². The zero-order valence-electron chi connectivity index (χ0n) is 23.7. The molecule has 2 bridgehead atoms. The lowest BCUT2D eigenvalue weighted by molar-refractivity contribution is -0.137. The summed E-state index contributed by atoms with van der Waals surface area (Å²) in [5.74, 6) is 1.31. The summed E-state index contributed by atoms with van der Waals surface area (Å²) in [6, 6.07) is 15.1. The first-order valence-electron chi connectivity index (χ1n) is 15.1. The molecule has 3 atom stereocenters. The van der Waals surface area contributed by atoms with Crippen molar-refractivity contribution in [3.05, 3.63) is 71.3 Å². The molecule has 2 N–H and O–H groups in total. The van der Waals surface area contributed by atoms with Crippen molar-refractivity contribution in [3.8, 4) is 5.75 Å². The first-order chi connectivity index (χ1) is 19.5. The van der Waals surface area contributed by atoms with Crippen molar-refractivity contribution in [1.29, 1.82) is 0 Å². The van der Waals surface area contributed by atoms with Crippen LogP contribution in [0.3, 0.4) is 0 Å². The highest BCUT2D eigenvalue weighted by atomic mass is 16.5. The number of carboxylic acid groups (broad SMARTS) is 2. The van der Waals surface area contributed by atoms with Crippen LogP contribution in [0.4, 0.5) is 0 Å². The standard InChI is InChI=1S/C34H45NO5/c36-33(37)11-5-2-8-26(22-27-15-18-31(19-16-27)34(38)39)14-17-30-9-3-4-10-32(30)40-21-7-1-6-20-35-24-28-12-13-29(23-28)25-35/h3-4,9-10,14-19,26,28-29H,1-2,5-8,11-13,20-25H2,(H,36,37)(H,38,39)/b17-14+. The SMILES string of the molecule is O=C(O)CCCCC(/C=C/c1ccccc1OCCCCCN1CC2CCC(C2)C1)Cc1ccc(C(=O)O)cc1. The van der Waals surface area contributed by atoms with Gasteiger partial charge < -0.3 is 19.8 Å². The van der Waals surface area contributed by atoms with Crippen molar-refractivity contribution >= 4 is 18.0 Å². The van der Waals surface area contributed by atoms with Crippen molar-refractivity contribution in [3.63, 3.8) is 0 Å². The molecule has 0 spiro atoms. The maximum Gasteiger partial charge on any atom is 0.335 e. The van der Waals surface area contributed by atoms with Crippen molar-refractivity contribution in [2.75, 3.05) is 26.2 Å². The van der Waals surface area contributed by atoms with Gasteiger partial charge in [0.15, 0.2) is 0 Å². The lowest BCUT2D eigenvalue weighted by Crippen LogP contribution is -2.36. The second-order valence-corrected chi connectivity index (χ2v) is 11.7. The average molecular weight is 548 g/mol. The predicted molar refractivity (Wildman–Crippen MR) is 159 cm³/mol. The monoisotopic (exact) mass is 547 g/mol. The summed E-state index contributed by atoms with van der Waals surface area (Å²) in [5.41, 5.74) is 2.39. The number of nitrogens with zero attached hydrogens (tertiary/aromatic N) is 1. The molecule has 6 nitrogen and oxygen atoms in total. The fourth-order valence-corrected chi connectivity index (χ4v) is 6.32. The number of aromatic carboxylic acids is 1. The largest absolute Gasteiger partial charge is 0.493 e. The third-order valence-electron chi connectivity index (χ3n) is 8.44. The molecule has 1 saturated carbocycles. The molecule has 2 fully saturated rings. The summed E-state index contributed by atoms with van der Waals surface area (Å²) >= 11 is 0. The number of carbonyl (C=O) groups is 2. The lowest BCUT2D eigenvalue weighted by atomic mass is 9.92. The van der Waals surface area contributed by atoms with E-state index in [2.05, 4.69) is 23.1 Å². The molecule has 40 heavy (non-hydrogen) atoms. The molecule has 0 amide bonds. The maximum atomic E-state index is 11.2. The molecule has 216 valence electrons. The molecule has 0 aromatic heterocycles. The van der Waals surface area contributed by atoms with E-state index in [0.717, 1.165) is 54.4 Å². The Kier molecular flexibility index (Phi) is 11.7. The van der Waals surface area contributed by atoms with Gasteiger partial charge in [0.05, 0.1) is 12.2 Å². The highest BCUT2D eigenvalue weighted by molar-refractivity contribution is 5.87. The number of ether oxygens (including phenoxy) is 1. The van der Waals surface area contributed by atoms with Gasteiger partial charge in [-0.15, -0.1) is 0 Å². The molecule has 2 aromatic carbocycles. The van der Waals surface area contributed by atoms with Crippen LogP contribution < -0.4 is 4.74 Å². The molecule has 1 aliphatic carbocycles. The van der Waals surface area contributed by atoms with Gasteiger partial charge in [0.1, 0.15) is 5.75 Å². The second kappa shape index (κ2) is 15.6. The highest BCUT2D eigenvalue weighted by Crippen LogP contribution is 2.36. The summed E-state index contributed by atoms with van der Waals surface area (Å²) < 4.78 is 6.20. The number of fused-ring (bicyclic) bond motifs is 2. The van der Waals surface area contributed by atoms with Gasteiger partial charge in [0, 0.05) is 25.1 Å². The van der Waals surface area contributed by atoms with E-state index in [9.17, 15) is 14.7 Å². The summed E-state index contributed by atoms with van der Waals surface area (Å²) in [5, 5.41) is 18.2. The predicted octanol–water partition coefficient (Wildman–Crippen LogP) is 7.18. The van der Waals surface area contributed by atoms with E-state index >= 15 is 0 Å². The number of benzene rings is 2. The lowest BCUT2D eigenvalue weighted by Gasteiger charge is -2.31. The summed E-state index contributed by atoms with van der Waals surface area (Å²) in [6.45, 7) is 4.55. The van der Waals surface area contributed by atoms with Crippen molar-refractivity contribution in [2.24, 2.45) is 17.8 Å². The zero-order valence-corrected chi connectivity index (χ0v) is 23.7. The van der Waals surface area contributed by atoms with E-state index in [1.165, 1.54) is 51.7 Å². The van der Waals surface area contributed by atoms with Crippen molar-refractivity contribution in [1.82, 2.24) is 4.90 Å². The Morgan fingerprint density at radius 2 is 1.68 bits per heavy atom. The van der Waals surface area contributed by atoms with Crippen LogP contribution in [0, 0.1) is 17.8 Å². The Balaban J connectivity index is 1.26. The van der Waals surface area contributed by atoms with Crippen LogP contribution in [0.1, 0.15) is 85.7 Å². The van der Waals surface area contributed by atoms with Gasteiger partial charge in [0.2, 0.25) is 0 Å². The topological polar surface area (TPSA) is 87.1 Å². The maximum absolute atomic E-state index is 11.2. The number of para-hydroxylation sites is 1. The fourth-order valence-electron chi connectivity index (χ4n) is 6.32. The Labute approximate surface area is 239 Å². The van der Waals surface area contributed by atoms with Gasteiger partial charge in [-0.05, 0) is 106 Å². The number of hydrogen-bond acceptors (Lipinski definition) is 4. The fraction of sp³-hybridized carbons (Fsp3) is 0.529. The quantitative estimate of drug-likeness (QED) is 0.204. The van der Waals surface area contributed by atoms with Gasteiger partial charge >= 0.3 is 11.9 Å². The second-order valence-electron chi connectivity index (χ2n) is 11.7. The van der Waals surface area contributed by atoms with Crippen LogP contribution in [-0.2, 0) is 11.2 Å². The van der Waals surface area contributed by atoms with Gasteiger partial charge in [-0.25, -0.2) is 4.79 Å². The van der Waals surface area contributed by atoms with Crippen LogP contribution in [0.2, 0.25) is 0 Å². The Hall–Kier alpha value is -3.12. The first kappa shape index (κ1) is 29.9. The number of allylic oxidation sites excluding steroid dienone is 1. The summed E-state index contributed by atoms with van der Waals surface area (Å²) in [6.07, 6.45) is 15.4. The minimum Gasteiger partial charge on any atom is -0.493 e. The third kappa shape index (κ3) is 9.81. The third-order valence-corrected chi connectivity index (χ3v) is 8.44. The molecule has 2 aromatic rings. The smallest absolute Gasteiger partial charge is 0.335 e. The van der Waals surface area contributed by atoms with E-state index < -0.39 is 11.9 Å². The number of aliphatic carboxylic acids is 1. The first-order valence-corrected chi connectivity index (χ1v) is 15.1. The minimum absolute atomic E-state index is 0.180. The van der Waals surface area contributed by atoms with Crippen molar-refractivity contribution < 1.29 is 24.5 Å². The summed E-state index contributed by atoms with van der Waals surface area (Å²) in [7, 11) is 0. The number of unbranched alkanes of at least 4 members (excludes halogenated alkanes) is 3. The van der Waals surface area contributed by atoms with E-state index in [-0.39, 0.29) is 17.9 Å². The molecular formula is C34H45NO5. The molecule has 4 rings (SSSR count). The molecule has 1 saturated heterocycles. The number of hydrogen-bond donors (Lipinski definition) is 2. The van der Waals surface area contributed by atoms with E-state index in [0.29, 0.717) is 13.0 Å². The Morgan fingerprint density at radius 3 is 2.40 bits per heavy atom. The highest BCUT2D eigenvalue weighted by Gasteiger charge is 2.32. The van der Waals surface area contributed by atoms with Crippen LogP contribution >= 0.6 is 0 Å². The molecular weight excluding hydrogens is 502 g/mol. The number of piperidine rings is 1. The van der Waals surface area contributed by atoms with E-state index in [1.54, 1.807) is 12.1 Å². The summed E-state index contributed by atoms with van der Waals surface area (Å²) in [4.78, 5) is 24.8. The number of rotatable bonds is 17. The normalized spacial score (nSPS) is 19.6. The number of carboxylic acids is 2.